The highest BCUT2D eigenvalue weighted by Gasteiger charge is 2.02. The fourth-order valence-electron chi connectivity index (χ4n) is 2.18. The average molecular weight is 290 g/mol. The van der Waals surface area contributed by atoms with Gasteiger partial charge >= 0.3 is 0 Å². The van der Waals surface area contributed by atoms with Crippen LogP contribution < -0.4 is 10.2 Å². The van der Waals surface area contributed by atoms with E-state index >= 15 is 0 Å². The van der Waals surface area contributed by atoms with Crippen molar-refractivity contribution in [2.45, 2.75) is 0 Å². The van der Waals surface area contributed by atoms with Crippen molar-refractivity contribution in [3.05, 3.63) is 67.0 Å². The maximum absolute atomic E-state index is 4.33. The van der Waals surface area contributed by atoms with Crippen LogP contribution in [0.15, 0.2) is 67.0 Å². The fraction of sp³-hybridized carbons (Fsp3) is 0.111. The van der Waals surface area contributed by atoms with E-state index in [-0.39, 0.29) is 0 Å². The van der Waals surface area contributed by atoms with Gasteiger partial charge in [0.2, 0.25) is 0 Å². The maximum atomic E-state index is 4.33. The van der Waals surface area contributed by atoms with Crippen molar-refractivity contribution in [2.75, 3.05) is 24.3 Å². The lowest BCUT2D eigenvalue weighted by Crippen LogP contribution is -2.08. The minimum atomic E-state index is 0.784. The first kappa shape index (κ1) is 14.1. The topological polar surface area (TPSA) is 41.0 Å². The number of aromatic nitrogens is 2. The van der Waals surface area contributed by atoms with Crippen molar-refractivity contribution in [3.8, 4) is 11.3 Å². The predicted octanol–water partition coefficient (Wildman–Crippen LogP) is 3.95. The molecule has 0 amide bonds. The first-order chi connectivity index (χ1) is 10.7. The van der Waals surface area contributed by atoms with Crippen molar-refractivity contribution in [1.82, 2.24) is 9.97 Å². The van der Waals surface area contributed by atoms with Gasteiger partial charge in [-0.1, -0.05) is 30.3 Å². The Morgan fingerprint density at radius 2 is 1.59 bits per heavy atom. The smallest absolute Gasteiger partial charge is 0.134 e. The minimum Gasteiger partial charge on any atom is -0.378 e. The van der Waals surface area contributed by atoms with Gasteiger partial charge in [-0.2, -0.15) is 0 Å². The first-order valence-electron chi connectivity index (χ1n) is 7.14. The van der Waals surface area contributed by atoms with Gasteiger partial charge in [0.1, 0.15) is 12.1 Å². The average Bonchev–Trinajstić information content (AvgIpc) is 2.56. The Morgan fingerprint density at radius 3 is 2.27 bits per heavy atom. The van der Waals surface area contributed by atoms with Gasteiger partial charge in [0.25, 0.3) is 0 Å². The lowest BCUT2D eigenvalue weighted by Gasteiger charge is -2.13. The molecule has 3 rings (SSSR count). The largest absolute Gasteiger partial charge is 0.378 e. The quantitative estimate of drug-likeness (QED) is 0.790. The molecule has 4 nitrogen and oxygen atoms in total. The van der Waals surface area contributed by atoms with E-state index in [9.17, 15) is 0 Å². The lowest BCUT2D eigenvalue weighted by atomic mass is 10.1. The summed E-state index contributed by atoms with van der Waals surface area (Å²) in [5.41, 5.74) is 4.15. The van der Waals surface area contributed by atoms with Crippen LogP contribution in [0.5, 0.6) is 0 Å². The molecule has 22 heavy (non-hydrogen) atoms. The third-order valence-corrected chi connectivity index (χ3v) is 3.39. The third-order valence-electron chi connectivity index (χ3n) is 3.39. The van der Waals surface area contributed by atoms with E-state index in [1.807, 2.05) is 62.6 Å². The lowest BCUT2D eigenvalue weighted by molar-refractivity contribution is 1.13. The fourth-order valence-corrected chi connectivity index (χ4v) is 2.18. The van der Waals surface area contributed by atoms with E-state index in [1.165, 1.54) is 5.69 Å². The van der Waals surface area contributed by atoms with Crippen molar-refractivity contribution in [3.63, 3.8) is 0 Å². The molecule has 1 aromatic heterocycles. The zero-order chi connectivity index (χ0) is 15.4. The maximum Gasteiger partial charge on any atom is 0.134 e. The molecule has 3 aromatic rings. The summed E-state index contributed by atoms with van der Waals surface area (Å²) < 4.78 is 0. The molecule has 4 heteroatoms. The first-order valence-corrected chi connectivity index (χ1v) is 7.14. The van der Waals surface area contributed by atoms with Crippen LogP contribution in [0, 0.1) is 0 Å². The van der Waals surface area contributed by atoms with Crippen LogP contribution >= 0.6 is 0 Å². The molecule has 0 spiro atoms. The van der Waals surface area contributed by atoms with Crippen LogP contribution in [0.2, 0.25) is 0 Å². The van der Waals surface area contributed by atoms with E-state index in [0.717, 1.165) is 22.8 Å². The SMILES string of the molecule is CN(C)c1ccc(Nc2cc(-c3ccccc3)ncn2)cc1. The third kappa shape index (κ3) is 3.23. The highest BCUT2D eigenvalue weighted by Crippen LogP contribution is 2.22. The Hall–Kier alpha value is -2.88. The zero-order valence-corrected chi connectivity index (χ0v) is 12.7. The number of anilines is 3. The van der Waals surface area contributed by atoms with Crippen LogP contribution in [0.1, 0.15) is 0 Å². The van der Waals surface area contributed by atoms with E-state index in [4.69, 9.17) is 0 Å². The molecule has 0 aliphatic carbocycles. The molecule has 0 aliphatic rings. The van der Waals surface area contributed by atoms with Gasteiger partial charge < -0.3 is 10.2 Å². The van der Waals surface area contributed by atoms with Gasteiger partial charge in [-0.05, 0) is 24.3 Å². The molecule has 0 fully saturated rings. The Bertz CT molecular complexity index is 737. The molecule has 2 aromatic carbocycles. The number of nitrogens with one attached hydrogen (secondary N) is 1. The highest BCUT2D eigenvalue weighted by atomic mass is 15.1. The van der Waals surface area contributed by atoms with Crippen LogP contribution in [0.3, 0.4) is 0 Å². The Balaban J connectivity index is 1.81. The van der Waals surface area contributed by atoms with Crippen LogP contribution in [0.4, 0.5) is 17.2 Å². The number of hydrogen-bond donors (Lipinski definition) is 1. The molecule has 0 saturated carbocycles. The van der Waals surface area contributed by atoms with Crippen LogP contribution in [0.25, 0.3) is 11.3 Å². The summed E-state index contributed by atoms with van der Waals surface area (Å²) in [6, 6.07) is 20.3. The molecule has 0 unspecified atom stereocenters. The molecule has 0 atom stereocenters. The summed E-state index contributed by atoms with van der Waals surface area (Å²) in [4.78, 5) is 10.7. The Kier molecular flexibility index (Phi) is 4.01. The summed E-state index contributed by atoms with van der Waals surface area (Å²) in [7, 11) is 4.05. The number of nitrogens with zero attached hydrogens (tertiary/aromatic N) is 3. The molecule has 0 aliphatic heterocycles. The normalized spacial score (nSPS) is 10.3. The van der Waals surface area contributed by atoms with Crippen LogP contribution in [-0.2, 0) is 0 Å². The summed E-state index contributed by atoms with van der Waals surface area (Å²) in [6.07, 6.45) is 1.58. The molecule has 0 saturated heterocycles. The predicted molar refractivity (Wildman–Crippen MR) is 91.5 cm³/mol. The number of rotatable bonds is 4. The van der Waals surface area contributed by atoms with E-state index < -0.39 is 0 Å². The van der Waals surface area contributed by atoms with Gasteiger partial charge in [-0.15, -0.1) is 0 Å². The molecule has 1 heterocycles. The monoisotopic (exact) mass is 290 g/mol. The number of benzene rings is 2. The molecule has 0 bridgehead atoms. The second-order valence-electron chi connectivity index (χ2n) is 5.22. The van der Waals surface area contributed by atoms with Gasteiger partial charge in [0.15, 0.2) is 0 Å². The van der Waals surface area contributed by atoms with E-state index in [2.05, 4.69) is 32.3 Å². The van der Waals surface area contributed by atoms with Gasteiger partial charge in [-0.3, -0.25) is 0 Å². The summed E-state index contributed by atoms with van der Waals surface area (Å²) in [5.74, 6) is 0.784. The van der Waals surface area contributed by atoms with Crippen molar-refractivity contribution in [1.29, 1.82) is 0 Å². The van der Waals surface area contributed by atoms with E-state index in [1.54, 1.807) is 6.33 Å². The molecule has 0 radical (unpaired) electrons. The number of hydrogen-bond acceptors (Lipinski definition) is 4. The second-order valence-corrected chi connectivity index (χ2v) is 5.22. The van der Waals surface area contributed by atoms with Gasteiger partial charge in [0.05, 0.1) is 5.69 Å². The van der Waals surface area contributed by atoms with Crippen molar-refractivity contribution in [2.24, 2.45) is 0 Å². The highest BCUT2D eigenvalue weighted by molar-refractivity contribution is 5.66. The second kappa shape index (κ2) is 6.26. The zero-order valence-electron chi connectivity index (χ0n) is 12.7. The summed E-state index contributed by atoms with van der Waals surface area (Å²) in [6.45, 7) is 0. The summed E-state index contributed by atoms with van der Waals surface area (Å²) in [5, 5.41) is 3.31. The van der Waals surface area contributed by atoms with Gasteiger partial charge in [0, 0.05) is 37.1 Å². The molecular weight excluding hydrogens is 272 g/mol. The van der Waals surface area contributed by atoms with Crippen molar-refractivity contribution < 1.29 is 0 Å². The summed E-state index contributed by atoms with van der Waals surface area (Å²) >= 11 is 0. The molecular formula is C18H18N4. The van der Waals surface area contributed by atoms with E-state index in [0.29, 0.717) is 0 Å². The molecule has 110 valence electrons. The van der Waals surface area contributed by atoms with Crippen LogP contribution in [-0.4, -0.2) is 24.1 Å². The Morgan fingerprint density at radius 1 is 0.864 bits per heavy atom. The standard InChI is InChI=1S/C18H18N4/c1-22(2)16-10-8-15(9-11-16)21-18-12-17(19-13-20-18)14-6-4-3-5-7-14/h3-13H,1-2H3,(H,19,20,21). The Labute approximate surface area is 130 Å². The van der Waals surface area contributed by atoms with Gasteiger partial charge in [-0.25, -0.2) is 9.97 Å². The van der Waals surface area contributed by atoms with Crippen molar-refractivity contribution >= 4 is 17.2 Å². The molecule has 1 N–H and O–H groups in total. The minimum absolute atomic E-state index is 0.784.